The quantitative estimate of drug-likeness (QED) is 0.842. The molecule has 5 nitrogen and oxygen atoms in total. The summed E-state index contributed by atoms with van der Waals surface area (Å²) in [5.74, 6) is 2.29. The fourth-order valence-electron chi connectivity index (χ4n) is 2.30. The fourth-order valence-corrected chi connectivity index (χ4v) is 2.30. The molecule has 0 saturated carbocycles. The molecule has 0 amide bonds. The summed E-state index contributed by atoms with van der Waals surface area (Å²) in [4.78, 5) is 0. The molecule has 0 spiro atoms. The minimum Gasteiger partial charge on any atom is -0.497 e. The second-order valence-corrected chi connectivity index (χ2v) is 5.04. The van der Waals surface area contributed by atoms with E-state index in [9.17, 15) is 5.11 Å². The second kappa shape index (κ2) is 8.26. The molecule has 1 atom stereocenters. The van der Waals surface area contributed by atoms with Crippen LogP contribution in [0.1, 0.15) is 17.2 Å². The zero-order valence-electron chi connectivity index (χ0n) is 14.3. The Morgan fingerprint density at radius 3 is 1.88 bits per heavy atom. The third kappa shape index (κ3) is 4.00. The summed E-state index contributed by atoms with van der Waals surface area (Å²) in [5.41, 5.74) is 1.61. The third-order valence-corrected chi connectivity index (χ3v) is 3.62. The Bertz CT molecular complexity index is 666. The van der Waals surface area contributed by atoms with E-state index in [1.54, 1.807) is 46.6 Å². The molecule has 1 unspecified atom stereocenters. The number of ether oxygens (including phenoxy) is 4. The molecule has 2 aromatic carbocycles. The molecule has 2 aromatic rings. The van der Waals surface area contributed by atoms with Crippen molar-refractivity contribution in [3.8, 4) is 23.0 Å². The first kappa shape index (κ1) is 17.7. The SMILES string of the molecule is COc1ccc(/C=C/C(O)c2cc(OC)c(OC)c(OC)c2)cc1. The lowest BCUT2D eigenvalue weighted by molar-refractivity contribution is 0.227. The van der Waals surface area contributed by atoms with Gasteiger partial charge in [0.15, 0.2) is 11.5 Å². The molecular weight excluding hydrogens is 308 g/mol. The largest absolute Gasteiger partial charge is 0.497 e. The lowest BCUT2D eigenvalue weighted by Crippen LogP contribution is -1.99. The standard InChI is InChI=1S/C19H22O5/c1-21-15-8-5-13(6-9-15)7-10-16(20)14-11-17(22-2)19(24-4)18(12-14)23-3/h5-12,16,20H,1-4H3/b10-7+. The molecule has 0 radical (unpaired) electrons. The van der Waals surface area contributed by atoms with Crippen molar-refractivity contribution in [1.82, 2.24) is 0 Å². The fraction of sp³-hybridized carbons (Fsp3) is 0.263. The van der Waals surface area contributed by atoms with Crippen molar-refractivity contribution in [1.29, 1.82) is 0 Å². The second-order valence-electron chi connectivity index (χ2n) is 5.04. The molecule has 0 aliphatic rings. The van der Waals surface area contributed by atoms with Crippen LogP contribution < -0.4 is 18.9 Å². The summed E-state index contributed by atoms with van der Waals surface area (Å²) in [5, 5.41) is 10.4. The van der Waals surface area contributed by atoms with Crippen LogP contribution in [0.4, 0.5) is 0 Å². The predicted molar refractivity (Wildman–Crippen MR) is 93.1 cm³/mol. The molecule has 128 valence electrons. The van der Waals surface area contributed by atoms with Crippen LogP contribution in [0.15, 0.2) is 42.5 Å². The van der Waals surface area contributed by atoms with Gasteiger partial charge in [-0.05, 0) is 35.4 Å². The van der Waals surface area contributed by atoms with Gasteiger partial charge in [0.2, 0.25) is 5.75 Å². The van der Waals surface area contributed by atoms with Gasteiger partial charge in [-0.2, -0.15) is 0 Å². The molecule has 0 fully saturated rings. The van der Waals surface area contributed by atoms with E-state index in [-0.39, 0.29) is 0 Å². The van der Waals surface area contributed by atoms with Crippen molar-refractivity contribution in [3.05, 3.63) is 53.6 Å². The van der Waals surface area contributed by atoms with Crippen LogP contribution >= 0.6 is 0 Å². The van der Waals surface area contributed by atoms with Crippen molar-refractivity contribution in [2.24, 2.45) is 0 Å². The van der Waals surface area contributed by atoms with Crippen molar-refractivity contribution in [2.75, 3.05) is 28.4 Å². The number of rotatable bonds is 7. The van der Waals surface area contributed by atoms with Crippen LogP contribution in [0, 0.1) is 0 Å². The van der Waals surface area contributed by atoms with E-state index in [0.29, 0.717) is 22.8 Å². The van der Waals surface area contributed by atoms with E-state index in [0.717, 1.165) is 11.3 Å². The van der Waals surface area contributed by atoms with Gasteiger partial charge >= 0.3 is 0 Å². The highest BCUT2D eigenvalue weighted by atomic mass is 16.5. The van der Waals surface area contributed by atoms with Gasteiger partial charge < -0.3 is 24.1 Å². The Hall–Kier alpha value is -2.66. The van der Waals surface area contributed by atoms with Crippen molar-refractivity contribution >= 4 is 6.08 Å². The topological polar surface area (TPSA) is 57.2 Å². The van der Waals surface area contributed by atoms with Gasteiger partial charge in [-0.25, -0.2) is 0 Å². The normalized spacial score (nSPS) is 12.0. The zero-order chi connectivity index (χ0) is 17.5. The molecule has 0 saturated heterocycles. The third-order valence-electron chi connectivity index (χ3n) is 3.62. The first-order valence-electron chi connectivity index (χ1n) is 7.43. The average Bonchev–Trinajstić information content (AvgIpc) is 2.65. The van der Waals surface area contributed by atoms with E-state index >= 15 is 0 Å². The van der Waals surface area contributed by atoms with E-state index in [1.807, 2.05) is 30.3 Å². The molecule has 5 heteroatoms. The summed E-state index contributed by atoms with van der Waals surface area (Å²) < 4.78 is 21.0. The summed E-state index contributed by atoms with van der Waals surface area (Å²) in [6, 6.07) is 11.0. The number of hydrogen-bond donors (Lipinski definition) is 1. The Morgan fingerprint density at radius 1 is 0.833 bits per heavy atom. The minimum absolute atomic E-state index is 0.495. The lowest BCUT2D eigenvalue weighted by Gasteiger charge is -2.15. The van der Waals surface area contributed by atoms with E-state index < -0.39 is 6.10 Å². The van der Waals surface area contributed by atoms with Crippen molar-refractivity contribution in [2.45, 2.75) is 6.10 Å². The summed E-state index contributed by atoms with van der Waals surface area (Å²) in [7, 11) is 6.25. The smallest absolute Gasteiger partial charge is 0.203 e. The molecule has 1 N–H and O–H groups in total. The maximum Gasteiger partial charge on any atom is 0.203 e. The Morgan fingerprint density at radius 2 is 1.42 bits per heavy atom. The Kier molecular flexibility index (Phi) is 6.09. The minimum atomic E-state index is -0.805. The first-order valence-corrected chi connectivity index (χ1v) is 7.43. The van der Waals surface area contributed by atoms with Gasteiger partial charge in [0, 0.05) is 0 Å². The first-order chi connectivity index (χ1) is 11.6. The van der Waals surface area contributed by atoms with Crippen LogP contribution in [0.25, 0.3) is 6.08 Å². The van der Waals surface area contributed by atoms with Gasteiger partial charge in [0.1, 0.15) is 5.75 Å². The molecule has 0 aliphatic carbocycles. The Balaban J connectivity index is 2.24. The maximum atomic E-state index is 10.4. The van der Waals surface area contributed by atoms with Gasteiger partial charge in [-0.3, -0.25) is 0 Å². The zero-order valence-corrected chi connectivity index (χ0v) is 14.3. The molecule has 2 rings (SSSR count). The molecule has 0 heterocycles. The molecule has 24 heavy (non-hydrogen) atoms. The molecule has 0 aromatic heterocycles. The van der Waals surface area contributed by atoms with Crippen LogP contribution in [-0.2, 0) is 0 Å². The van der Waals surface area contributed by atoms with E-state index in [1.165, 1.54) is 0 Å². The highest BCUT2D eigenvalue weighted by molar-refractivity contribution is 5.56. The number of aliphatic hydroxyl groups excluding tert-OH is 1. The summed E-state index contributed by atoms with van der Waals surface area (Å²) in [6.45, 7) is 0. The monoisotopic (exact) mass is 330 g/mol. The van der Waals surface area contributed by atoms with Gasteiger partial charge in [0.05, 0.1) is 34.5 Å². The summed E-state index contributed by atoms with van der Waals surface area (Å²) >= 11 is 0. The number of benzene rings is 2. The maximum absolute atomic E-state index is 10.4. The highest BCUT2D eigenvalue weighted by Gasteiger charge is 2.16. The van der Waals surface area contributed by atoms with Gasteiger partial charge in [-0.1, -0.05) is 24.3 Å². The molecular formula is C19H22O5. The average molecular weight is 330 g/mol. The number of methoxy groups -OCH3 is 4. The molecule has 0 aliphatic heterocycles. The van der Waals surface area contributed by atoms with Gasteiger partial charge in [-0.15, -0.1) is 0 Å². The lowest BCUT2D eigenvalue weighted by atomic mass is 10.1. The van der Waals surface area contributed by atoms with Crippen LogP contribution in [0.5, 0.6) is 23.0 Å². The van der Waals surface area contributed by atoms with Crippen LogP contribution in [-0.4, -0.2) is 33.5 Å². The number of aliphatic hydroxyl groups is 1. The van der Waals surface area contributed by atoms with E-state index in [4.69, 9.17) is 18.9 Å². The Labute approximate surface area is 142 Å². The molecule has 0 bridgehead atoms. The van der Waals surface area contributed by atoms with Crippen molar-refractivity contribution in [3.63, 3.8) is 0 Å². The van der Waals surface area contributed by atoms with Crippen molar-refractivity contribution < 1.29 is 24.1 Å². The van der Waals surface area contributed by atoms with E-state index in [2.05, 4.69) is 0 Å². The predicted octanol–water partition coefficient (Wildman–Crippen LogP) is 3.47. The number of hydrogen-bond acceptors (Lipinski definition) is 5. The highest BCUT2D eigenvalue weighted by Crippen LogP contribution is 2.39. The van der Waals surface area contributed by atoms with Gasteiger partial charge in [0.25, 0.3) is 0 Å². The van der Waals surface area contributed by atoms with Crippen LogP contribution in [0.2, 0.25) is 0 Å². The van der Waals surface area contributed by atoms with Crippen LogP contribution in [0.3, 0.4) is 0 Å². The summed E-state index contributed by atoms with van der Waals surface area (Å²) in [6.07, 6.45) is 2.73.